The molecule has 0 spiro atoms. The molecule has 6 aromatic rings. The molecule has 0 bridgehead atoms. The second-order valence-corrected chi connectivity index (χ2v) is 11.0. The van der Waals surface area contributed by atoms with Crippen molar-refractivity contribution in [3.8, 4) is 0 Å². The Kier molecular flexibility index (Phi) is 4.60. The summed E-state index contributed by atoms with van der Waals surface area (Å²) in [6.07, 6.45) is 0.209. The van der Waals surface area contributed by atoms with Crippen LogP contribution in [0, 0.1) is 0 Å². The Labute approximate surface area is 227 Å². The Balaban J connectivity index is 1.17. The van der Waals surface area contributed by atoms with Crippen molar-refractivity contribution in [3.05, 3.63) is 72.3 Å². The van der Waals surface area contributed by atoms with Crippen molar-refractivity contribution in [2.24, 2.45) is 0 Å². The molecular formula is C30H25N5O5. The first kappa shape index (κ1) is 22.8. The third kappa shape index (κ3) is 3.02. The van der Waals surface area contributed by atoms with E-state index in [1.165, 1.54) is 27.9 Å². The topological polar surface area (TPSA) is 138 Å². The molecule has 10 heteroatoms. The molecule has 0 radical (unpaired) electrons. The third-order valence-electron chi connectivity index (χ3n) is 8.89. The Hall–Kier alpha value is -3.93. The Morgan fingerprint density at radius 2 is 1.77 bits per heavy atom. The largest absolute Gasteiger partial charge is 0.394 e. The van der Waals surface area contributed by atoms with Gasteiger partial charge in [-0.25, -0.2) is 15.0 Å². The number of aliphatic hydroxyl groups excluding tert-OH is 3. The lowest BCUT2D eigenvalue weighted by atomic mass is 9.80. The molecule has 0 saturated carbocycles. The monoisotopic (exact) mass is 535 g/mol. The molecule has 2 aromatic heterocycles. The number of nitrogens with one attached hydrogen (secondary N) is 1. The van der Waals surface area contributed by atoms with Crippen LogP contribution in [0.5, 0.6) is 0 Å². The van der Waals surface area contributed by atoms with Gasteiger partial charge in [0.2, 0.25) is 0 Å². The number of hydrogen-bond donors (Lipinski definition) is 4. The summed E-state index contributed by atoms with van der Waals surface area (Å²) < 4.78 is 13.6. The highest BCUT2D eigenvalue weighted by molar-refractivity contribution is 6.24. The number of aromatic nitrogens is 4. The van der Waals surface area contributed by atoms with E-state index in [1.54, 1.807) is 10.9 Å². The van der Waals surface area contributed by atoms with Gasteiger partial charge in [0.25, 0.3) is 0 Å². The number of ether oxygens (including phenoxy) is 2. The molecule has 7 atom stereocenters. The first-order valence-corrected chi connectivity index (χ1v) is 13.5. The molecule has 4 aromatic carbocycles. The summed E-state index contributed by atoms with van der Waals surface area (Å²) in [6, 6.07) is 16.7. The number of nitrogens with zero attached hydrogens (tertiary/aromatic N) is 4. The van der Waals surface area contributed by atoms with E-state index >= 15 is 0 Å². The quantitative estimate of drug-likeness (QED) is 0.198. The van der Waals surface area contributed by atoms with E-state index in [0.717, 1.165) is 21.9 Å². The molecule has 200 valence electrons. The molecule has 9 rings (SSSR count). The molecule has 10 nitrogen and oxygen atoms in total. The van der Waals surface area contributed by atoms with Crippen molar-refractivity contribution < 1.29 is 24.8 Å². The minimum absolute atomic E-state index is 0.150. The standard InChI is InChI=1S/C30H25N5O5/c36-10-19-18(37)9-20(39-19)35-12-33-25-29(31-11-32-30(25)35)34-24-17-8-15-5-4-13-2-1-3-14-6-7-16(22(15)21(13)14)23(17)27-28(40-27)26(24)38/h1-8,11-12,18-20,24,26-28,36-38H,9-10H2,(H,31,32,34). The number of epoxide rings is 1. The van der Waals surface area contributed by atoms with Crippen molar-refractivity contribution in [1.29, 1.82) is 0 Å². The van der Waals surface area contributed by atoms with Gasteiger partial charge in [-0.2, -0.15) is 0 Å². The minimum Gasteiger partial charge on any atom is -0.394 e. The summed E-state index contributed by atoms with van der Waals surface area (Å²) in [7, 11) is 0. The molecule has 7 unspecified atom stereocenters. The fourth-order valence-electron chi connectivity index (χ4n) is 6.95. The maximum Gasteiger partial charge on any atom is 0.167 e. The SMILES string of the molecule is OCC1OC(n2cnc3c(NC4c5cc6ccc7cccc8ccc(c5C5OC5C4O)c6c78)ncnc32)CC1O. The zero-order valence-corrected chi connectivity index (χ0v) is 21.2. The van der Waals surface area contributed by atoms with Gasteiger partial charge in [-0.1, -0.05) is 42.5 Å². The van der Waals surface area contributed by atoms with E-state index in [2.05, 4.69) is 68.8 Å². The zero-order valence-electron chi connectivity index (χ0n) is 21.2. The van der Waals surface area contributed by atoms with Crippen LogP contribution in [0.3, 0.4) is 0 Å². The van der Waals surface area contributed by atoms with Crippen LogP contribution in [0.15, 0.2) is 61.2 Å². The molecule has 4 heterocycles. The van der Waals surface area contributed by atoms with Crippen molar-refractivity contribution in [1.82, 2.24) is 19.5 Å². The Morgan fingerprint density at radius 1 is 0.950 bits per heavy atom. The highest BCUT2D eigenvalue weighted by Crippen LogP contribution is 2.55. The molecule has 40 heavy (non-hydrogen) atoms. The van der Waals surface area contributed by atoms with Crippen molar-refractivity contribution in [3.63, 3.8) is 0 Å². The number of rotatable bonds is 4. The van der Waals surface area contributed by atoms with Crippen molar-refractivity contribution in [2.45, 2.75) is 49.2 Å². The zero-order chi connectivity index (χ0) is 26.7. The summed E-state index contributed by atoms with van der Waals surface area (Å²) in [4.78, 5) is 13.5. The summed E-state index contributed by atoms with van der Waals surface area (Å²) >= 11 is 0. The highest BCUT2D eigenvalue weighted by atomic mass is 16.6. The molecule has 4 N–H and O–H groups in total. The minimum atomic E-state index is -0.781. The van der Waals surface area contributed by atoms with Crippen LogP contribution in [0.25, 0.3) is 43.5 Å². The normalized spacial score (nSPS) is 29.4. The maximum absolute atomic E-state index is 11.4. The van der Waals surface area contributed by atoms with E-state index in [0.29, 0.717) is 23.4 Å². The van der Waals surface area contributed by atoms with Gasteiger partial charge in [-0.05, 0) is 49.5 Å². The third-order valence-corrected chi connectivity index (χ3v) is 8.89. The number of benzene rings is 4. The van der Waals surface area contributed by atoms with Gasteiger partial charge in [-0.3, -0.25) is 4.57 Å². The van der Waals surface area contributed by atoms with Gasteiger partial charge >= 0.3 is 0 Å². The van der Waals surface area contributed by atoms with Gasteiger partial charge < -0.3 is 30.1 Å². The molecule has 2 aliphatic heterocycles. The first-order valence-electron chi connectivity index (χ1n) is 13.5. The van der Waals surface area contributed by atoms with Crippen LogP contribution in [-0.2, 0) is 9.47 Å². The fourth-order valence-corrected chi connectivity index (χ4v) is 6.95. The molecule has 0 amide bonds. The average Bonchev–Trinajstić information content (AvgIpc) is 3.51. The predicted molar refractivity (Wildman–Crippen MR) is 147 cm³/mol. The summed E-state index contributed by atoms with van der Waals surface area (Å²) in [6.45, 7) is -0.266. The molecule has 1 aliphatic carbocycles. The van der Waals surface area contributed by atoms with Crippen LogP contribution >= 0.6 is 0 Å². The number of fused-ring (bicyclic) bond motifs is 5. The summed E-state index contributed by atoms with van der Waals surface area (Å²) in [5.41, 5.74) is 3.15. The first-order chi connectivity index (χ1) is 19.6. The number of anilines is 1. The van der Waals surface area contributed by atoms with Crippen LogP contribution in [-0.4, -0.2) is 65.9 Å². The average molecular weight is 536 g/mol. The van der Waals surface area contributed by atoms with Gasteiger partial charge in [0.15, 0.2) is 17.0 Å². The van der Waals surface area contributed by atoms with Gasteiger partial charge in [-0.15, -0.1) is 0 Å². The van der Waals surface area contributed by atoms with Crippen LogP contribution in [0.2, 0.25) is 0 Å². The summed E-state index contributed by atoms with van der Waals surface area (Å²) in [5.74, 6) is 0.486. The van der Waals surface area contributed by atoms with Crippen LogP contribution in [0.1, 0.15) is 35.9 Å². The maximum atomic E-state index is 11.4. The van der Waals surface area contributed by atoms with E-state index in [9.17, 15) is 15.3 Å². The van der Waals surface area contributed by atoms with E-state index in [-0.39, 0.29) is 18.8 Å². The Morgan fingerprint density at radius 3 is 2.60 bits per heavy atom. The lowest BCUT2D eigenvalue weighted by Gasteiger charge is -2.30. The number of aliphatic hydroxyl groups is 3. The van der Waals surface area contributed by atoms with E-state index in [1.807, 2.05) is 0 Å². The predicted octanol–water partition coefficient (Wildman–Crippen LogP) is 3.33. The van der Waals surface area contributed by atoms with Crippen LogP contribution < -0.4 is 5.32 Å². The molecule has 2 fully saturated rings. The Bertz CT molecular complexity index is 1940. The van der Waals surface area contributed by atoms with E-state index < -0.39 is 30.6 Å². The van der Waals surface area contributed by atoms with Crippen molar-refractivity contribution >= 4 is 49.3 Å². The van der Waals surface area contributed by atoms with Crippen LogP contribution in [0.4, 0.5) is 5.82 Å². The van der Waals surface area contributed by atoms with Gasteiger partial charge in [0.1, 0.15) is 37.0 Å². The highest BCUT2D eigenvalue weighted by Gasteiger charge is 2.55. The van der Waals surface area contributed by atoms with Gasteiger partial charge in [0, 0.05) is 6.42 Å². The number of hydrogen-bond acceptors (Lipinski definition) is 9. The lowest BCUT2D eigenvalue weighted by molar-refractivity contribution is -0.0432. The van der Waals surface area contributed by atoms with E-state index in [4.69, 9.17) is 9.47 Å². The fraction of sp³-hybridized carbons (Fsp3) is 0.300. The second-order valence-electron chi connectivity index (χ2n) is 11.0. The second kappa shape index (κ2) is 8.06. The number of imidazole rings is 1. The molecular weight excluding hydrogens is 510 g/mol. The summed E-state index contributed by atoms with van der Waals surface area (Å²) in [5, 5.41) is 41.7. The smallest absolute Gasteiger partial charge is 0.167 e. The van der Waals surface area contributed by atoms with Gasteiger partial charge in [0.05, 0.1) is 25.1 Å². The lowest BCUT2D eigenvalue weighted by Crippen LogP contribution is -2.34. The van der Waals surface area contributed by atoms with Crippen molar-refractivity contribution in [2.75, 3.05) is 11.9 Å². The molecule has 2 saturated heterocycles. The molecule has 3 aliphatic rings.